The Morgan fingerprint density at radius 1 is 1.33 bits per heavy atom. The SMILES string of the molecule is O=Cc1ccc2ccn(C3COC3)c2c1. The standard InChI is InChI=1S/C12H11NO2/c14-6-9-1-2-10-3-4-13(12(10)5-9)11-7-15-8-11/h1-6,11H,7-8H2. The minimum absolute atomic E-state index is 0.435. The Labute approximate surface area is 87.3 Å². The molecule has 1 aromatic carbocycles. The smallest absolute Gasteiger partial charge is 0.150 e. The van der Waals surface area contributed by atoms with E-state index in [1.165, 1.54) is 5.39 Å². The highest BCUT2D eigenvalue weighted by Gasteiger charge is 2.21. The summed E-state index contributed by atoms with van der Waals surface area (Å²) in [5, 5.41) is 1.17. The highest BCUT2D eigenvalue weighted by molar-refractivity contribution is 5.87. The van der Waals surface area contributed by atoms with E-state index in [1.54, 1.807) is 0 Å². The average molecular weight is 201 g/mol. The van der Waals surface area contributed by atoms with Gasteiger partial charge in [0.15, 0.2) is 0 Å². The van der Waals surface area contributed by atoms with Crippen LogP contribution in [0.5, 0.6) is 0 Å². The molecule has 1 aliphatic rings. The number of aldehydes is 1. The second-order valence-electron chi connectivity index (χ2n) is 3.85. The molecule has 0 unspecified atom stereocenters. The quantitative estimate of drug-likeness (QED) is 0.696. The van der Waals surface area contributed by atoms with Crippen molar-refractivity contribution in [3.63, 3.8) is 0 Å². The third kappa shape index (κ3) is 1.27. The molecule has 15 heavy (non-hydrogen) atoms. The lowest BCUT2D eigenvalue weighted by Gasteiger charge is -2.28. The minimum atomic E-state index is 0.435. The Morgan fingerprint density at radius 3 is 2.87 bits per heavy atom. The van der Waals surface area contributed by atoms with E-state index in [0.29, 0.717) is 6.04 Å². The molecule has 0 saturated carbocycles. The second kappa shape index (κ2) is 3.21. The molecule has 2 aromatic rings. The van der Waals surface area contributed by atoms with Crippen LogP contribution >= 0.6 is 0 Å². The zero-order valence-corrected chi connectivity index (χ0v) is 8.22. The predicted molar refractivity (Wildman–Crippen MR) is 57.2 cm³/mol. The predicted octanol–water partition coefficient (Wildman–Crippen LogP) is 2.03. The molecule has 1 aromatic heterocycles. The Hall–Kier alpha value is -1.61. The van der Waals surface area contributed by atoms with Crippen molar-refractivity contribution in [2.75, 3.05) is 13.2 Å². The molecule has 0 amide bonds. The van der Waals surface area contributed by atoms with Crippen molar-refractivity contribution in [1.29, 1.82) is 0 Å². The van der Waals surface area contributed by atoms with Crippen LogP contribution in [0, 0.1) is 0 Å². The number of carbonyl (C=O) groups is 1. The molecular formula is C12H11NO2. The summed E-state index contributed by atoms with van der Waals surface area (Å²) < 4.78 is 7.36. The molecular weight excluding hydrogens is 190 g/mol. The number of carbonyl (C=O) groups excluding carboxylic acids is 1. The van der Waals surface area contributed by atoms with Gasteiger partial charge in [0.1, 0.15) is 6.29 Å². The normalized spacial score (nSPS) is 16.5. The number of benzene rings is 1. The summed E-state index contributed by atoms with van der Waals surface area (Å²) in [5.74, 6) is 0. The van der Waals surface area contributed by atoms with Crippen molar-refractivity contribution in [2.24, 2.45) is 0 Å². The molecule has 0 spiro atoms. The van der Waals surface area contributed by atoms with E-state index in [0.717, 1.165) is 30.6 Å². The fourth-order valence-corrected chi connectivity index (χ4v) is 1.94. The summed E-state index contributed by atoms with van der Waals surface area (Å²) in [4.78, 5) is 10.7. The molecule has 3 heteroatoms. The molecule has 0 atom stereocenters. The average Bonchev–Trinajstić information content (AvgIpc) is 2.59. The Balaban J connectivity index is 2.16. The van der Waals surface area contributed by atoms with Crippen molar-refractivity contribution >= 4 is 17.2 Å². The number of hydrogen-bond donors (Lipinski definition) is 0. The molecule has 0 N–H and O–H groups in total. The molecule has 3 nitrogen and oxygen atoms in total. The summed E-state index contributed by atoms with van der Waals surface area (Å²) in [6.07, 6.45) is 2.94. The van der Waals surface area contributed by atoms with Gasteiger partial charge in [0, 0.05) is 17.3 Å². The van der Waals surface area contributed by atoms with Gasteiger partial charge in [0.05, 0.1) is 19.3 Å². The van der Waals surface area contributed by atoms with Crippen molar-refractivity contribution in [1.82, 2.24) is 4.57 Å². The van der Waals surface area contributed by atoms with Gasteiger partial charge in [-0.3, -0.25) is 4.79 Å². The van der Waals surface area contributed by atoms with Gasteiger partial charge in [-0.2, -0.15) is 0 Å². The molecule has 1 aliphatic heterocycles. The lowest BCUT2D eigenvalue weighted by molar-refractivity contribution is -0.0213. The van der Waals surface area contributed by atoms with E-state index in [1.807, 2.05) is 18.2 Å². The molecule has 2 heterocycles. The molecule has 0 radical (unpaired) electrons. The molecule has 3 rings (SSSR count). The fraction of sp³-hybridized carbons (Fsp3) is 0.250. The van der Waals surface area contributed by atoms with Crippen molar-refractivity contribution in [3.8, 4) is 0 Å². The molecule has 1 fully saturated rings. The Morgan fingerprint density at radius 2 is 2.20 bits per heavy atom. The van der Waals surface area contributed by atoms with Crippen LogP contribution in [0.3, 0.4) is 0 Å². The monoisotopic (exact) mass is 201 g/mol. The van der Waals surface area contributed by atoms with E-state index < -0.39 is 0 Å². The summed E-state index contributed by atoms with van der Waals surface area (Å²) in [5.41, 5.74) is 1.84. The van der Waals surface area contributed by atoms with Crippen LogP contribution in [-0.2, 0) is 4.74 Å². The minimum Gasteiger partial charge on any atom is -0.377 e. The summed E-state index contributed by atoms with van der Waals surface area (Å²) in [6, 6.07) is 8.26. The van der Waals surface area contributed by atoms with Gasteiger partial charge in [0.25, 0.3) is 0 Å². The Bertz CT molecular complexity index is 511. The first-order valence-electron chi connectivity index (χ1n) is 5.02. The van der Waals surface area contributed by atoms with Gasteiger partial charge in [-0.25, -0.2) is 0 Å². The van der Waals surface area contributed by atoms with Crippen LogP contribution in [-0.4, -0.2) is 24.1 Å². The largest absolute Gasteiger partial charge is 0.377 e. The highest BCUT2D eigenvalue weighted by Crippen LogP contribution is 2.25. The summed E-state index contributed by atoms with van der Waals surface area (Å²) >= 11 is 0. The van der Waals surface area contributed by atoms with E-state index >= 15 is 0 Å². The number of rotatable bonds is 2. The fourth-order valence-electron chi connectivity index (χ4n) is 1.94. The van der Waals surface area contributed by atoms with Crippen LogP contribution in [0.2, 0.25) is 0 Å². The first kappa shape index (κ1) is 8.68. The number of ether oxygens (including phenoxy) is 1. The zero-order chi connectivity index (χ0) is 10.3. The highest BCUT2D eigenvalue weighted by atomic mass is 16.5. The van der Waals surface area contributed by atoms with Gasteiger partial charge in [-0.1, -0.05) is 12.1 Å². The lowest BCUT2D eigenvalue weighted by Crippen LogP contribution is -2.29. The topological polar surface area (TPSA) is 31.2 Å². The van der Waals surface area contributed by atoms with Gasteiger partial charge < -0.3 is 9.30 Å². The second-order valence-corrected chi connectivity index (χ2v) is 3.85. The third-order valence-electron chi connectivity index (χ3n) is 2.90. The third-order valence-corrected chi connectivity index (χ3v) is 2.90. The number of nitrogens with zero attached hydrogens (tertiary/aromatic N) is 1. The van der Waals surface area contributed by atoms with Crippen LogP contribution < -0.4 is 0 Å². The number of aromatic nitrogens is 1. The Kier molecular flexibility index (Phi) is 1.86. The molecule has 76 valence electrons. The lowest BCUT2D eigenvalue weighted by atomic mass is 10.1. The first-order valence-corrected chi connectivity index (χ1v) is 5.02. The summed E-state index contributed by atoms with van der Waals surface area (Å²) in [6.45, 7) is 1.55. The van der Waals surface area contributed by atoms with E-state index in [2.05, 4.69) is 16.8 Å². The first-order chi connectivity index (χ1) is 7.38. The van der Waals surface area contributed by atoms with Crippen LogP contribution in [0.4, 0.5) is 0 Å². The van der Waals surface area contributed by atoms with Crippen LogP contribution in [0.1, 0.15) is 16.4 Å². The maximum atomic E-state index is 10.7. The maximum Gasteiger partial charge on any atom is 0.150 e. The van der Waals surface area contributed by atoms with E-state index in [-0.39, 0.29) is 0 Å². The molecule has 0 aliphatic carbocycles. The van der Waals surface area contributed by atoms with E-state index in [9.17, 15) is 4.79 Å². The van der Waals surface area contributed by atoms with Crippen LogP contribution in [0.15, 0.2) is 30.5 Å². The van der Waals surface area contributed by atoms with Crippen LogP contribution in [0.25, 0.3) is 10.9 Å². The number of hydrogen-bond acceptors (Lipinski definition) is 2. The van der Waals surface area contributed by atoms with E-state index in [4.69, 9.17) is 4.74 Å². The maximum absolute atomic E-state index is 10.7. The number of fused-ring (bicyclic) bond motifs is 1. The van der Waals surface area contributed by atoms with Gasteiger partial charge >= 0.3 is 0 Å². The van der Waals surface area contributed by atoms with Crippen molar-refractivity contribution < 1.29 is 9.53 Å². The van der Waals surface area contributed by atoms with Crippen molar-refractivity contribution in [3.05, 3.63) is 36.0 Å². The zero-order valence-electron chi connectivity index (χ0n) is 8.22. The molecule has 0 bridgehead atoms. The van der Waals surface area contributed by atoms with Gasteiger partial charge in [-0.15, -0.1) is 0 Å². The summed E-state index contributed by atoms with van der Waals surface area (Å²) in [7, 11) is 0. The van der Waals surface area contributed by atoms with Gasteiger partial charge in [-0.05, 0) is 17.5 Å². The van der Waals surface area contributed by atoms with Crippen molar-refractivity contribution in [2.45, 2.75) is 6.04 Å². The van der Waals surface area contributed by atoms with Gasteiger partial charge in [0.2, 0.25) is 0 Å². The molecule has 1 saturated heterocycles.